The van der Waals surface area contributed by atoms with Crippen molar-refractivity contribution < 1.29 is 78.3 Å². The number of rotatable bonds is 29. The van der Waals surface area contributed by atoms with E-state index >= 15 is 0 Å². The van der Waals surface area contributed by atoms with E-state index in [0.717, 1.165) is 28.3 Å². The summed E-state index contributed by atoms with van der Waals surface area (Å²) in [6.45, 7) is 2.66. The number of phenolic OH excluding ortho intramolecular Hbond substituents is 1. The van der Waals surface area contributed by atoms with Gasteiger partial charge in [0.05, 0.1) is 31.7 Å². The molecule has 1 aromatic heterocycles. The fourth-order valence-electron chi connectivity index (χ4n) is 8.28. The molecule has 0 saturated carbocycles. The lowest BCUT2D eigenvalue weighted by molar-refractivity contribution is -0.145. The molecule has 0 spiro atoms. The molecule has 76 heavy (non-hydrogen) atoms. The number of aromatic nitrogens is 1. The first-order valence-corrected chi connectivity index (χ1v) is 24.4. The maximum Gasteiger partial charge on any atom is 0.328 e. The fraction of sp³-hybridized carbons (Fsp3) is 0.490. The average molecular weight is 1070 g/mol. The molecule has 9 amide bonds. The molecule has 1 aliphatic heterocycles. The third kappa shape index (κ3) is 17.5. The highest BCUT2D eigenvalue weighted by atomic mass is 16.4. The maximum atomic E-state index is 14.0. The van der Waals surface area contributed by atoms with Gasteiger partial charge in [-0.2, -0.15) is 0 Å². The molecule has 414 valence electrons. The zero-order valence-corrected chi connectivity index (χ0v) is 42.1. The quantitative estimate of drug-likeness (QED) is 0.0318. The van der Waals surface area contributed by atoms with Gasteiger partial charge in [-0.1, -0.05) is 50.6 Å². The zero-order chi connectivity index (χ0) is 56.4. The number of aromatic hydroxyl groups is 1. The van der Waals surface area contributed by atoms with Crippen molar-refractivity contribution in [2.75, 3.05) is 19.7 Å². The summed E-state index contributed by atoms with van der Waals surface area (Å²) in [5, 5.41) is 66.0. The van der Waals surface area contributed by atoms with Gasteiger partial charge in [0.2, 0.25) is 53.2 Å². The van der Waals surface area contributed by atoms with E-state index in [2.05, 4.69) is 42.2 Å². The number of aromatic amines is 1. The van der Waals surface area contributed by atoms with Crippen molar-refractivity contribution in [2.24, 2.45) is 17.4 Å². The summed E-state index contributed by atoms with van der Waals surface area (Å²) in [4.78, 5) is 148. The molecule has 27 nitrogen and oxygen atoms in total. The first-order valence-electron chi connectivity index (χ1n) is 24.4. The molecule has 0 radical (unpaired) electrons. The highest BCUT2D eigenvalue weighted by Crippen LogP contribution is 2.21. The van der Waals surface area contributed by atoms with Crippen LogP contribution in [-0.4, -0.2) is 175 Å². The largest absolute Gasteiger partial charge is 0.508 e. The van der Waals surface area contributed by atoms with Gasteiger partial charge in [-0.05, 0) is 67.9 Å². The molecule has 2 aromatic carbocycles. The number of carbonyl (C=O) groups is 11. The number of nitrogens with zero attached hydrogens (tertiary/aromatic N) is 1. The van der Waals surface area contributed by atoms with Crippen LogP contribution in [0, 0.1) is 5.92 Å². The Morgan fingerprint density at radius 3 is 2.03 bits per heavy atom. The first-order chi connectivity index (χ1) is 35.9. The Balaban J connectivity index is 1.48. The number of carbonyl (C=O) groups excluding carboxylic acids is 9. The van der Waals surface area contributed by atoms with Crippen LogP contribution in [0.1, 0.15) is 70.4 Å². The van der Waals surface area contributed by atoms with Crippen molar-refractivity contribution in [3.8, 4) is 5.75 Å². The molecular formula is C49H67N11O16. The summed E-state index contributed by atoms with van der Waals surface area (Å²) >= 11 is 0. The van der Waals surface area contributed by atoms with Gasteiger partial charge in [-0.25, -0.2) is 4.79 Å². The number of fused-ring (bicyclic) bond motifs is 1. The van der Waals surface area contributed by atoms with Crippen molar-refractivity contribution in [2.45, 2.75) is 127 Å². The van der Waals surface area contributed by atoms with Gasteiger partial charge < -0.3 is 84.1 Å². The summed E-state index contributed by atoms with van der Waals surface area (Å²) in [7, 11) is 0. The summed E-state index contributed by atoms with van der Waals surface area (Å²) in [5.41, 5.74) is 13.7. The summed E-state index contributed by atoms with van der Waals surface area (Å²) in [5.74, 6) is -12.5. The van der Waals surface area contributed by atoms with Gasteiger partial charge >= 0.3 is 11.9 Å². The van der Waals surface area contributed by atoms with E-state index in [-0.39, 0.29) is 38.0 Å². The summed E-state index contributed by atoms with van der Waals surface area (Å²) in [6, 6.07) is 0.615. The smallest absolute Gasteiger partial charge is 0.328 e. The van der Waals surface area contributed by atoms with E-state index in [1.54, 1.807) is 20.0 Å². The van der Waals surface area contributed by atoms with Crippen molar-refractivity contribution >= 4 is 76.0 Å². The lowest BCUT2D eigenvalue weighted by atomic mass is 9.96. The molecule has 1 aliphatic rings. The van der Waals surface area contributed by atoms with Crippen LogP contribution in [0.2, 0.25) is 0 Å². The number of nitrogens with one attached hydrogen (secondary N) is 8. The molecular weight excluding hydrogens is 999 g/mol. The van der Waals surface area contributed by atoms with E-state index in [0.29, 0.717) is 12.0 Å². The Morgan fingerprint density at radius 1 is 0.763 bits per heavy atom. The Hall–Kier alpha value is -8.17. The minimum Gasteiger partial charge on any atom is -0.508 e. The molecule has 27 heteroatoms. The number of H-pyrrole nitrogens is 1. The molecule has 17 N–H and O–H groups in total. The van der Waals surface area contributed by atoms with Crippen LogP contribution in [0.4, 0.5) is 0 Å². The second kappa shape index (κ2) is 28.5. The minimum atomic E-state index is -1.89. The summed E-state index contributed by atoms with van der Waals surface area (Å²) < 4.78 is 0. The van der Waals surface area contributed by atoms with Crippen LogP contribution >= 0.6 is 0 Å². The number of primary amides is 1. The van der Waals surface area contributed by atoms with E-state index in [4.69, 9.17) is 11.5 Å². The standard InChI is InChI=1S/C49H67N11O16/c1-4-24(2)40(58-42(68)30(50)19-27-21-52-31-9-6-5-8-29(27)31)46(72)56-34(20-37(51)64)44(70)59-41(25(3)62)47(73)55-33(18-26-11-13-28(63)14-12-26)43(69)53-22-38(65)54-32(15-16-39(66)67)48(74)60-17-7-10-36(60)45(71)57-35(23-61)49(75)76/h5-6,8-9,11-14,21,24-25,30,32-36,40-41,52,61-63H,4,7,10,15-20,22-23,50H2,1-3H3,(H2,51,64)(H,53,69)(H,54,65)(H,55,73)(H,56,72)(H,57,71)(H,58,68)(H,59,70)(H,66,67)(H,75,76)/t24-,25+,30-,32-,33-,34-,35-,36-,40-,41-/m0/s1. The molecule has 0 bridgehead atoms. The predicted octanol–water partition coefficient (Wildman–Crippen LogP) is -3.75. The van der Waals surface area contributed by atoms with Gasteiger partial charge in [-0.3, -0.25) is 47.9 Å². The molecule has 3 aromatic rings. The molecule has 2 heterocycles. The number of carboxylic acid groups (broad SMARTS) is 2. The van der Waals surface area contributed by atoms with Gasteiger partial charge in [0.1, 0.15) is 48.0 Å². The number of aliphatic carboxylic acids is 2. The zero-order valence-electron chi connectivity index (χ0n) is 42.1. The van der Waals surface area contributed by atoms with E-state index in [9.17, 15) is 78.3 Å². The first kappa shape index (κ1) is 60.4. The Bertz CT molecular complexity index is 2590. The number of aliphatic hydroxyl groups is 2. The number of likely N-dealkylation sites (tertiary alicyclic amines) is 1. The predicted molar refractivity (Wildman–Crippen MR) is 268 cm³/mol. The number of amides is 9. The lowest BCUT2D eigenvalue weighted by Gasteiger charge is -2.29. The third-order valence-electron chi connectivity index (χ3n) is 12.7. The van der Waals surface area contributed by atoms with Crippen molar-refractivity contribution in [3.05, 3.63) is 65.9 Å². The fourth-order valence-corrected chi connectivity index (χ4v) is 8.28. The van der Waals surface area contributed by atoms with Crippen LogP contribution in [0.25, 0.3) is 10.9 Å². The van der Waals surface area contributed by atoms with Gasteiger partial charge in [0.25, 0.3) is 0 Å². The van der Waals surface area contributed by atoms with E-state index in [1.807, 2.05) is 24.3 Å². The van der Waals surface area contributed by atoms with Crippen molar-refractivity contribution in [1.82, 2.24) is 47.1 Å². The molecule has 10 atom stereocenters. The molecule has 0 unspecified atom stereocenters. The topological polar surface area (TPSA) is 444 Å². The molecule has 4 rings (SSSR count). The Kier molecular flexibility index (Phi) is 22.6. The summed E-state index contributed by atoms with van der Waals surface area (Å²) in [6.07, 6.45) is -1.42. The minimum absolute atomic E-state index is 0.0288. The van der Waals surface area contributed by atoms with E-state index < -0.39 is 158 Å². The Morgan fingerprint density at radius 2 is 1.41 bits per heavy atom. The van der Waals surface area contributed by atoms with Gasteiger partial charge in [0, 0.05) is 36.5 Å². The lowest BCUT2D eigenvalue weighted by Crippen LogP contribution is -2.62. The average Bonchev–Trinajstić information content (AvgIpc) is 4.04. The van der Waals surface area contributed by atoms with Crippen LogP contribution in [-0.2, 0) is 65.6 Å². The van der Waals surface area contributed by atoms with Crippen molar-refractivity contribution in [1.29, 1.82) is 0 Å². The third-order valence-corrected chi connectivity index (χ3v) is 12.7. The van der Waals surface area contributed by atoms with Crippen LogP contribution in [0.5, 0.6) is 5.75 Å². The highest BCUT2D eigenvalue weighted by Gasteiger charge is 2.40. The molecule has 1 fully saturated rings. The van der Waals surface area contributed by atoms with E-state index in [1.165, 1.54) is 24.3 Å². The van der Waals surface area contributed by atoms with Gasteiger partial charge in [-0.15, -0.1) is 0 Å². The van der Waals surface area contributed by atoms with Crippen molar-refractivity contribution in [3.63, 3.8) is 0 Å². The number of hydrogen-bond donors (Lipinski definition) is 15. The molecule has 0 aliphatic carbocycles. The number of para-hydroxylation sites is 1. The second-order valence-corrected chi connectivity index (χ2v) is 18.5. The van der Waals surface area contributed by atoms with Gasteiger partial charge in [0.15, 0.2) is 0 Å². The van der Waals surface area contributed by atoms with Crippen LogP contribution < -0.4 is 48.7 Å². The Labute approximate surface area is 435 Å². The van der Waals surface area contributed by atoms with Crippen LogP contribution in [0.15, 0.2) is 54.7 Å². The monoisotopic (exact) mass is 1070 g/mol. The molecule has 1 saturated heterocycles. The number of carboxylic acids is 2. The second-order valence-electron chi connectivity index (χ2n) is 18.5. The number of hydrogen-bond acceptors (Lipinski definition) is 15. The number of phenols is 1. The number of benzene rings is 2. The highest BCUT2D eigenvalue weighted by molar-refractivity contribution is 5.99. The normalized spacial score (nSPS) is 16.7. The number of nitrogens with two attached hydrogens (primary N) is 2. The van der Waals surface area contributed by atoms with Crippen LogP contribution in [0.3, 0.4) is 0 Å². The SMILES string of the molecule is CC[C@H](C)[C@H](NC(=O)[C@@H](N)Cc1c[nH]c2ccccc12)C(=O)N[C@@H](CC(N)=O)C(=O)N[C@H](C(=O)N[C@@H](Cc1ccc(O)cc1)C(=O)NCC(=O)N[C@@H](CCC(=O)O)C(=O)N1CCC[C@H]1C(=O)N[C@@H](CO)C(=O)O)[C@@H](C)O. The maximum absolute atomic E-state index is 14.0. The number of aliphatic hydroxyl groups excluding tert-OH is 2.